The van der Waals surface area contributed by atoms with Gasteiger partial charge in [-0.2, -0.15) is 0 Å². The maximum absolute atomic E-state index is 10.1. The van der Waals surface area contributed by atoms with Gasteiger partial charge in [-0.05, 0) is 23.6 Å². The first kappa shape index (κ1) is 13.0. The Labute approximate surface area is 122 Å². The van der Waals surface area contributed by atoms with Gasteiger partial charge in [-0.3, -0.25) is 0 Å². The molecule has 20 heavy (non-hydrogen) atoms. The quantitative estimate of drug-likeness (QED) is 0.694. The molecule has 1 aromatic heterocycles. The summed E-state index contributed by atoms with van der Waals surface area (Å²) in [5.74, 6) is 0. The molecule has 100 valence electrons. The van der Waals surface area contributed by atoms with E-state index in [1.54, 1.807) is 12.2 Å². The molecule has 0 saturated heterocycles. The van der Waals surface area contributed by atoms with Crippen LogP contribution >= 0.6 is 11.6 Å². The monoisotopic (exact) mass is 284 g/mol. The summed E-state index contributed by atoms with van der Waals surface area (Å²) in [6.45, 7) is 3.74. The minimum atomic E-state index is -0.605. The van der Waals surface area contributed by atoms with E-state index < -0.39 is 6.10 Å². The number of aromatic nitrogens is 2. The van der Waals surface area contributed by atoms with E-state index in [1.165, 1.54) is 6.33 Å². The van der Waals surface area contributed by atoms with Gasteiger partial charge in [0.15, 0.2) is 0 Å². The molecule has 0 bridgehead atoms. The number of allylic oxidation sites excluding steroid dienone is 1. The zero-order valence-electron chi connectivity index (χ0n) is 10.8. The lowest BCUT2D eigenvalue weighted by molar-refractivity contribution is 0.232. The van der Waals surface area contributed by atoms with E-state index in [-0.39, 0.29) is 0 Å². The SMILES string of the molecule is C=CCc1c(Cl)ncnc1C1=CC(O)c2ccccc21. The molecular weight excluding hydrogens is 272 g/mol. The molecule has 0 amide bonds. The molecule has 1 aliphatic carbocycles. The zero-order valence-corrected chi connectivity index (χ0v) is 11.5. The van der Waals surface area contributed by atoms with Crippen molar-refractivity contribution in [1.29, 1.82) is 0 Å². The average Bonchev–Trinajstić information content (AvgIpc) is 2.79. The molecule has 3 nitrogen and oxygen atoms in total. The number of rotatable bonds is 3. The number of benzene rings is 1. The second kappa shape index (κ2) is 5.19. The molecule has 0 saturated carbocycles. The highest BCUT2D eigenvalue weighted by Crippen LogP contribution is 2.39. The van der Waals surface area contributed by atoms with Crippen LogP contribution < -0.4 is 0 Å². The van der Waals surface area contributed by atoms with E-state index >= 15 is 0 Å². The molecule has 0 fully saturated rings. The molecule has 3 rings (SSSR count). The van der Waals surface area contributed by atoms with Crippen molar-refractivity contribution in [3.8, 4) is 0 Å². The van der Waals surface area contributed by atoms with Crippen LogP contribution in [0.15, 0.2) is 49.3 Å². The maximum atomic E-state index is 10.1. The highest BCUT2D eigenvalue weighted by atomic mass is 35.5. The van der Waals surface area contributed by atoms with Crippen molar-refractivity contribution in [2.24, 2.45) is 0 Å². The Hall–Kier alpha value is -1.97. The normalized spacial score (nSPS) is 16.7. The van der Waals surface area contributed by atoms with Crippen molar-refractivity contribution in [2.45, 2.75) is 12.5 Å². The molecule has 1 aliphatic rings. The lowest BCUT2D eigenvalue weighted by Crippen LogP contribution is -2.00. The predicted octanol–water partition coefficient (Wildman–Crippen LogP) is 3.34. The van der Waals surface area contributed by atoms with E-state index in [0.717, 1.165) is 28.0 Å². The summed E-state index contributed by atoms with van der Waals surface area (Å²) in [6, 6.07) is 7.75. The summed E-state index contributed by atoms with van der Waals surface area (Å²) in [5, 5.41) is 10.6. The minimum Gasteiger partial charge on any atom is -0.384 e. The lowest BCUT2D eigenvalue weighted by Gasteiger charge is -2.10. The fourth-order valence-corrected chi connectivity index (χ4v) is 2.70. The van der Waals surface area contributed by atoms with Crippen molar-refractivity contribution >= 4 is 17.2 Å². The number of aliphatic hydroxyl groups excluding tert-OH is 1. The van der Waals surface area contributed by atoms with Crippen LogP contribution in [-0.2, 0) is 6.42 Å². The van der Waals surface area contributed by atoms with E-state index in [1.807, 2.05) is 24.3 Å². The standard InChI is InChI=1S/C16H13ClN2O/c1-2-5-12-15(18-9-19-16(12)17)13-8-14(20)11-7-4-3-6-10(11)13/h2-4,6-9,14,20H,1,5H2. The maximum Gasteiger partial charge on any atom is 0.136 e. The highest BCUT2D eigenvalue weighted by Gasteiger charge is 2.25. The zero-order chi connectivity index (χ0) is 14.1. The number of hydrogen-bond acceptors (Lipinski definition) is 3. The van der Waals surface area contributed by atoms with Crippen molar-refractivity contribution in [3.63, 3.8) is 0 Å². The summed E-state index contributed by atoms with van der Waals surface area (Å²) >= 11 is 6.16. The second-order valence-electron chi connectivity index (χ2n) is 4.60. The molecule has 4 heteroatoms. The minimum absolute atomic E-state index is 0.426. The Morgan fingerprint density at radius 3 is 2.90 bits per heavy atom. The third-order valence-corrected chi connectivity index (χ3v) is 3.72. The lowest BCUT2D eigenvalue weighted by atomic mass is 9.99. The van der Waals surface area contributed by atoms with Gasteiger partial charge in [-0.15, -0.1) is 6.58 Å². The van der Waals surface area contributed by atoms with Crippen molar-refractivity contribution in [1.82, 2.24) is 9.97 Å². The number of nitrogens with zero attached hydrogens (tertiary/aromatic N) is 2. The first-order valence-electron chi connectivity index (χ1n) is 6.32. The van der Waals surface area contributed by atoms with Crippen LogP contribution in [0.5, 0.6) is 0 Å². The molecule has 1 N–H and O–H groups in total. The van der Waals surface area contributed by atoms with Gasteiger partial charge in [0.05, 0.1) is 11.8 Å². The third kappa shape index (κ3) is 2.05. The van der Waals surface area contributed by atoms with Crippen LogP contribution in [0.1, 0.15) is 28.5 Å². The van der Waals surface area contributed by atoms with E-state index in [4.69, 9.17) is 11.6 Å². The molecule has 1 unspecified atom stereocenters. The van der Waals surface area contributed by atoms with Crippen LogP contribution in [0.2, 0.25) is 5.15 Å². The van der Waals surface area contributed by atoms with Gasteiger partial charge in [-0.25, -0.2) is 9.97 Å². The first-order valence-corrected chi connectivity index (χ1v) is 6.70. The molecule has 1 heterocycles. The van der Waals surface area contributed by atoms with Gasteiger partial charge in [0.1, 0.15) is 11.5 Å². The van der Waals surface area contributed by atoms with E-state index in [2.05, 4.69) is 16.5 Å². The summed E-state index contributed by atoms with van der Waals surface area (Å²) in [4.78, 5) is 8.37. The highest BCUT2D eigenvalue weighted by molar-refractivity contribution is 6.30. The van der Waals surface area contributed by atoms with Gasteiger partial charge in [0.25, 0.3) is 0 Å². The molecular formula is C16H13ClN2O. The van der Waals surface area contributed by atoms with Crippen molar-refractivity contribution < 1.29 is 5.11 Å². The Morgan fingerprint density at radius 2 is 2.10 bits per heavy atom. The fourth-order valence-electron chi connectivity index (χ4n) is 2.49. The van der Waals surface area contributed by atoms with Crippen molar-refractivity contribution in [3.05, 3.63) is 76.9 Å². The van der Waals surface area contributed by atoms with Gasteiger partial charge in [0.2, 0.25) is 0 Å². The smallest absolute Gasteiger partial charge is 0.136 e. The predicted molar refractivity (Wildman–Crippen MR) is 79.4 cm³/mol. The molecule has 0 aliphatic heterocycles. The van der Waals surface area contributed by atoms with Crippen LogP contribution in [0.4, 0.5) is 0 Å². The van der Waals surface area contributed by atoms with Crippen LogP contribution in [-0.4, -0.2) is 15.1 Å². The molecule has 1 aromatic carbocycles. The Morgan fingerprint density at radius 1 is 1.30 bits per heavy atom. The third-order valence-electron chi connectivity index (χ3n) is 3.39. The first-order chi connectivity index (χ1) is 9.72. The molecule has 1 atom stereocenters. The average molecular weight is 285 g/mol. The molecule has 0 spiro atoms. The van der Waals surface area contributed by atoms with Gasteiger partial charge in [0, 0.05) is 11.1 Å². The number of fused-ring (bicyclic) bond motifs is 1. The van der Waals surface area contributed by atoms with E-state index in [9.17, 15) is 5.11 Å². The number of halogens is 1. The number of aliphatic hydroxyl groups is 1. The summed E-state index contributed by atoms with van der Waals surface area (Å²) < 4.78 is 0. The molecule has 0 radical (unpaired) electrons. The van der Waals surface area contributed by atoms with Gasteiger partial charge < -0.3 is 5.11 Å². The Balaban J connectivity index is 2.18. The van der Waals surface area contributed by atoms with Crippen molar-refractivity contribution in [2.75, 3.05) is 0 Å². The number of hydrogen-bond donors (Lipinski definition) is 1. The Kier molecular flexibility index (Phi) is 3.38. The van der Waals surface area contributed by atoms with Crippen LogP contribution in [0, 0.1) is 0 Å². The topological polar surface area (TPSA) is 46.0 Å². The molecule has 2 aromatic rings. The summed E-state index contributed by atoms with van der Waals surface area (Å²) in [7, 11) is 0. The summed E-state index contributed by atoms with van der Waals surface area (Å²) in [6.07, 6.45) is 5.00. The van der Waals surface area contributed by atoms with Crippen LogP contribution in [0.25, 0.3) is 5.57 Å². The second-order valence-corrected chi connectivity index (χ2v) is 4.95. The van der Waals surface area contributed by atoms with Gasteiger partial charge >= 0.3 is 0 Å². The summed E-state index contributed by atoms with van der Waals surface area (Å²) in [5.41, 5.74) is 4.37. The van der Waals surface area contributed by atoms with Gasteiger partial charge in [-0.1, -0.05) is 41.9 Å². The van der Waals surface area contributed by atoms with Crippen LogP contribution in [0.3, 0.4) is 0 Å². The van der Waals surface area contributed by atoms with E-state index in [0.29, 0.717) is 11.6 Å². The Bertz CT molecular complexity index is 709. The fraction of sp³-hybridized carbons (Fsp3) is 0.125. The largest absolute Gasteiger partial charge is 0.384 e.